The molecule has 8 heteroatoms. The summed E-state index contributed by atoms with van der Waals surface area (Å²) >= 11 is 6.68. The van der Waals surface area contributed by atoms with E-state index < -0.39 is 0 Å². The third-order valence-electron chi connectivity index (χ3n) is 6.11. The minimum atomic E-state index is -0.329. The van der Waals surface area contributed by atoms with Crippen molar-refractivity contribution in [1.29, 1.82) is 0 Å². The first-order valence-corrected chi connectivity index (χ1v) is 12.6. The lowest BCUT2D eigenvalue weighted by molar-refractivity contribution is -0.122. The van der Waals surface area contributed by atoms with E-state index in [-0.39, 0.29) is 22.9 Å². The van der Waals surface area contributed by atoms with Crippen LogP contribution in [-0.4, -0.2) is 24.5 Å². The molecule has 2 aromatic heterocycles. The number of benzene rings is 2. The van der Waals surface area contributed by atoms with E-state index in [2.05, 4.69) is 4.98 Å². The number of carbonyl (C=O) groups excluding carboxylic acids is 1. The number of hydrogen-bond acceptors (Lipinski definition) is 6. The summed E-state index contributed by atoms with van der Waals surface area (Å²) in [6, 6.07) is 19.0. The van der Waals surface area contributed by atoms with E-state index in [9.17, 15) is 9.59 Å². The van der Waals surface area contributed by atoms with Gasteiger partial charge >= 0.3 is 0 Å². The molecule has 1 fully saturated rings. The molecule has 36 heavy (non-hydrogen) atoms. The number of thiocarbonyl (C=S) groups is 1. The van der Waals surface area contributed by atoms with Crippen LogP contribution >= 0.6 is 24.0 Å². The van der Waals surface area contributed by atoms with Crippen molar-refractivity contribution in [2.45, 2.75) is 27.3 Å². The fourth-order valence-electron chi connectivity index (χ4n) is 3.87. The summed E-state index contributed by atoms with van der Waals surface area (Å²) in [7, 11) is 0. The summed E-state index contributed by atoms with van der Waals surface area (Å²) in [5.74, 6) is 0.494. The molecule has 0 spiro atoms. The molecule has 1 aliphatic rings. The quantitative estimate of drug-likeness (QED) is 0.248. The molecular formula is C28H23N3O3S2. The van der Waals surface area contributed by atoms with E-state index in [0.717, 1.165) is 22.3 Å². The van der Waals surface area contributed by atoms with Gasteiger partial charge in [0.1, 0.15) is 21.3 Å². The topological polar surface area (TPSA) is 63.9 Å². The fourth-order valence-corrected chi connectivity index (χ4v) is 5.10. The Kier molecular flexibility index (Phi) is 6.47. The van der Waals surface area contributed by atoms with Gasteiger partial charge in [0.15, 0.2) is 0 Å². The molecule has 2 aromatic carbocycles. The first-order valence-electron chi connectivity index (χ1n) is 11.4. The number of ether oxygens (including phenoxy) is 1. The van der Waals surface area contributed by atoms with Gasteiger partial charge in [0.2, 0.25) is 5.88 Å². The van der Waals surface area contributed by atoms with Gasteiger partial charge in [-0.3, -0.25) is 18.9 Å². The van der Waals surface area contributed by atoms with Gasteiger partial charge in [-0.15, -0.1) is 0 Å². The molecule has 3 heterocycles. The van der Waals surface area contributed by atoms with Crippen LogP contribution in [0.25, 0.3) is 11.7 Å². The van der Waals surface area contributed by atoms with Crippen LogP contribution in [0.2, 0.25) is 0 Å². The molecule has 0 radical (unpaired) electrons. The molecule has 5 rings (SSSR count). The zero-order valence-corrected chi connectivity index (χ0v) is 21.7. The Bertz CT molecular complexity index is 1610. The second-order valence-electron chi connectivity index (χ2n) is 8.62. The van der Waals surface area contributed by atoms with Gasteiger partial charge in [0, 0.05) is 6.20 Å². The molecule has 1 amide bonds. The van der Waals surface area contributed by atoms with Gasteiger partial charge in [-0.2, -0.15) is 4.98 Å². The monoisotopic (exact) mass is 513 g/mol. The van der Waals surface area contributed by atoms with Crippen LogP contribution in [0.15, 0.2) is 76.6 Å². The zero-order valence-electron chi connectivity index (χ0n) is 20.0. The van der Waals surface area contributed by atoms with E-state index in [0.29, 0.717) is 27.2 Å². The molecule has 0 N–H and O–H groups in total. The van der Waals surface area contributed by atoms with Crippen LogP contribution in [0.1, 0.15) is 27.8 Å². The predicted octanol–water partition coefficient (Wildman–Crippen LogP) is 5.81. The lowest BCUT2D eigenvalue weighted by Gasteiger charge is -2.14. The zero-order chi connectivity index (χ0) is 25.4. The van der Waals surface area contributed by atoms with Crippen molar-refractivity contribution in [2.24, 2.45) is 0 Å². The standard InChI is InChI=1S/C28H23N3O3S2/c1-17-10-12-20(13-11-17)16-31-27(33)23(36-28(31)35)15-21-25(34-22-8-6-7-18(2)19(22)3)29-24-9-4-5-14-30(24)26(21)32/h4-15H,16H2,1-3H3/b23-15+. The number of pyridine rings is 1. The Labute approximate surface area is 218 Å². The molecule has 1 aliphatic heterocycles. The number of nitrogens with zero attached hydrogens (tertiary/aromatic N) is 3. The highest BCUT2D eigenvalue weighted by molar-refractivity contribution is 8.26. The number of fused-ring (bicyclic) bond motifs is 1. The van der Waals surface area contributed by atoms with Gasteiger partial charge in [-0.25, -0.2) is 0 Å². The molecule has 0 atom stereocenters. The maximum Gasteiger partial charge on any atom is 0.269 e. The number of hydrogen-bond donors (Lipinski definition) is 0. The Morgan fingerprint density at radius 2 is 1.78 bits per heavy atom. The van der Waals surface area contributed by atoms with Crippen molar-refractivity contribution >= 4 is 45.9 Å². The molecule has 1 saturated heterocycles. The first-order chi connectivity index (χ1) is 17.3. The van der Waals surface area contributed by atoms with Gasteiger partial charge < -0.3 is 4.74 Å². The van der Waals surface area contributed by atoms with E-state index >= 15 is 0 Å². The number of amides is 1. The maximum atomic E-state index is 13.5. The van der Waals surface area contributed by atoms with Gasteiger partial charge in [0.05, 0.1) is 11.4 Å². The number of aryl methyl sites for hydroxylation is 2. The fraction of sp³-hybridized carbons (Fsp3) is 0.143. The van der Waals surface area contributed by atoms with Crippen molar-refractivity contribution in [1.82, 2.24) is 14.3 Å². The van der Waals surface area contributed by atoms with Gasteiger partial charge in [0.25, 0.3) is 11.5 Å². The summed E-state index contributed by atoms with van der Waals surface area (Å²) in [6.07, 6.45) is 3.19. The molecule has 4 aromatic rings. The van der Waals surface area contributed by atoms with Crippen LogP contribution in [0.3, 0.4) is 0 Å². The van der Waals surface area contributed by atoms with Crippen LogP contribution in [0.4, 0.5) is 0 Å². The Morgan fingerprint density at radius 3 is 2.56 bits per heavy atom. The molecular weight excluding hydrogens is 490 g/mol. The van der Waals surface area contributed by atoms with E-state index in [1.54, 1.807) is 35.4 Å². The second kappa shape index (κ2) is 9.72. The summed E-state index contributed by atoms with van der Waals surface area (Å²) < 4.78 is 8.06. The lowest BCUT2D eigenvalue weighted by Crippen LogP contribution is -2.27. The lowest BCUT2D eigenvalue weighted by atomic mass is 10.1. The molecule has 0 unspecified atom stereocenters. The number of rotatable bonds is 5. The van der Waals surface area contributed by atoms with Crippen molar-refractivity contribution in [3.8, 4) is 11.6 Å². The molecule has 0 aliphatic carbocycles. The average molecular weight is 514 g/mol. The van der Waals surface area contributed by atoms with Crippen LogP contribution in [-0.2, 0) is 11.3 Å². The third kappa shape index (κ3) is 4.57. The van der Waals surface area contributed by atoms with Crippen molar-refractivity contribution < 1.29 is 9.53 Å². The van der Waals surface area contributed by atoms with Crippen LogP contribution < -0.4 is 10.3 Å². The molecule has 6 nitrogen and oxygen atoms in total. The summed E-state index contributed by atoms with van der Waals surface area (Å²) in [4.78, 5) is 33.3. The Balaban J connectivity index is 1.57. The highest BCUT2D eigenvalue weighted by Gasteiger charge is 2.33. The number of thioether (sulfide) groups is 1. The smallest absolute Gasteiger partial charge is 0.269 e. The largest absolute Gasteiger partial charge is 0.438 e. The SMILES string of the molecule is Cc1ccc(CN2C(=O)/C(=C\c3c(Oc4cccc(C)c4C)nc4ccccn4c3=O)SC2=S)cc1. The number of carbonyl (C=O) groups is 1. The predicted molar refractivity (Wildman–Crippen MR) is 147 cm³/mol. The molecule has 0 bridgehead atoms. The normalized spacial score (nSPS) is 14.8. The Hall–Kier alpha value is -3.75. The minimum absolute atomic E-state index is 0.142. The van der Waals surface area contributed by atoms with E-state index in [1.807, 2.05) is 63.2 Å². The summed E-state index contributed by atoms with van der Waals surface area (Å²) in [5.41, 5.74) is 4.44. The van der Waals surface area contributed by atoms with Crippen LogP contribution in [0, 0.1) is 20.8 Å². The third-order valence-corrected chi connectivity index (χ3v) is 7.48. The first kappa shape index (κ1) is 24.0. The number of aromatic nitrogens is 2. The Morgan fingerprint density at radius 1 is 1.00 bits per heavy atom. The summed E-state index contributed by atoms with van der Waals surface area (Å²) in [5, 5.41) is 0. The molecule has 180 valence electrons. The summed E-state index contributed by atoms with van der Waals surface area (Å²) in [6.45, 7) is 6.32. The van der Waals surface area contributed by atoms with Crippen molar-refractivity contribution in [3.05, 3.63) is 110 Å². The average Bonchev–Trinajstić information content (AvgIpc) is 3.13. The highest BCUT2D eigenvalue weighted by atomic mass is 32.2. The maximum absolute atomic E-state index is 13.5. The van der Waals surface area contributed by atoms with Crippen molar-refractivity contribution in [2.75, 3.05) is 0 Å². The van der Waals surface area contributed by atoms with Gasteiger partial charge in [-0.1, -0.05) is 72.0 Å². The van der Waals surface area contributed by atoms with Crippen molar-refractivity contribution in [3.63, 3.8) is 0 Å². The van der Waals surface area contributed by atoms with E-state index in [4.69, 9.17) is 17.0 Å². The molecule has 0 saturated carbocycles. The van der Waals surface area contributed by atoms with Gasteiger partial charge in [-0.05, 0) is 61.7 Å². The van der Waals surface area contributed by atoms with E-state index in [1.165, 1.54) is 16.2 Å². The van der Waals surface area contributed by atoms with Crippen LogP contribution in [0.5, 0.6) is 11.6 Å². The minimum Gasteiger partial charge on any atom is -0.438 e. The second-order valence-corrected chi connectivity index (χ2v) is 10.3. The highest BCUT2D eigenvalue weighted by Crippen LogP contribution is 2.35.